The third-order valence-corrected chi connectivity index (χ3v) is 3.61. The van der Waals surface area contributed by atoms with Crippen LogP contribution >= 0.6 is 0 Å². The monoisotopic (exact) mass is 285 g/mol. The molecule has 6 heteroatoms. The largest absolute Gasteiger partial charge is 0.480 e. The molecule has 1 saturated heterocycles. The third-order valence-electron chi connectivity index (χ3n) is 3.61. The minimum atomic E-state index is -1.00. The van der Waals surface area contributed by atoms with Crippen LogP contribution in [0.4, 0.5) is 0 Å². The molecule has 0 aliphatic carbocycles. The number of carbonyl (C=O) groups is 2. The first-order chi connectivity index (χ1) is 10.2. The van der Waals surface area contributed by atoms with E-state index >= 15 is 0 Å². The highest BCUT2D eigenvalue weighted by molar-refractivity contribution is 5.97. The summed E-state index contributed by atoms with van der Waals surface area (Å²) >= 11 is 0. The van der Waals surface area contributed by atoms with E-state index in [9.17, 15) is 14.7 Å². The fourth-order valence-corrected chi connectivity index (χ4v) is 2.50. The number of fused-ring (bicyclic) bond motifs is 1. The molecule has 1 unspecified atom stereocenters. The van der Waals surface area contributed by atoms with Gasteiger partial charge in [-0.25, -0.2) is 9.78 Å². The van der Waals surface area contributed by atoms with E-state index < -0.39 is 12.0 Å². The number of nitrogens with one attached hydrogen (secondary N) is 1. The van der Waals surface area contributed by atoms with Gasteiger partial charge in [0.05, 0.1) is 5.52 Å². The van der Waals surface area contributed by atoms with E-state index in [1.54, 1.807) is 6.07 Å². The first-order valence-corrected chi connectivity index (χ1v) is 6.77. The number of piperazine rings is 1. The van der Waals surface area contributed by atoms with Crippen molar-refractivity contribution in [1.82, 2.24) is 15.2 Å². The van der Waals surface area contributed by atoms with E-state index in [2.05, 4.69) is 10.3 Å². The summed E-state index contributed by atoms with van der Waals surface area (Å²) in [6.45, 7) is 1.21. The maximum atomic E-state index is 12.5. The molecule has 0 saturated carbocycles. The Kier molecular flexibility index (Phi) is 3.53. The number of carboxylic acids is 1. The fraction of sp³-hybridized carbons (Fsp3) is 0.267. The average molecular weight is 285 g/mol. The summed E-state index contributed by atoms with van der Waals surface area (Å²) in [6, 6.07) is 10.1. The molecule has 3 rings (SSSR count). The molecule has 1 aliphatic rings. The molecule has 2 N–H and O–H groups in total. The molecule has 2 aromatic rings. The van der Waals surface area contributed by atoms with Gasteiger partial charge in [-0.3, -0.25) is 4.79 Å². The predicted molar refractivity (Wildman–Crippen MR) is 77.1 cm³/mol. The molecule has 1 atom stereocenters. The van der Waals surface area contributed by atoms with E-state index in [1.807, 2.05) is 30.3 Å². The second kappa shape index (κ2) is 5.49. The summed E-state index contributed by atoms with van der Waals surface area (Å²) in [4.78, 5) is 29.5. The lowest BCUT2D eigenvalue weighted by atomic mass is 10.1. The van der Waals surface area contributed by atoms with Crippen molar-refractivity contribution < 1.29 is 14.7 Å². The standard InChI is InChI=1S/C15H15N3O3/c19-14(18-8-7-16-9-13(18)15(20)21)12-6-5-10-3-1-2-4-11(10)17-12/h1-6,13,16H,7-9H2,(H,20,21). The number of aliphatic carboxylic acids is 1. The molecule has 2 heterocycles. The molecule has 6 nitrogen and oxygen atoms in total. The lowest BCUT2D eigenvalue weighted by Crippen LogP contribution is -2.57. The Morgan fingerprint density at radius 2 is 2.05 bits per heavy atom. The molecule has 0 spiro atoms. The molecule has 1 aliphatic heterocycles. The zero-order chi connectivity index (χ0) is 14.8. The van der Waals surface area contributed by atoms with E-state index in [-0.39, 0.29) is 18.1 Å². The third kappa shape index (κ3) is 2.57. The van der Waals surface area contributed by atoms with Crippen molar-refractivity contribution in [2.24, 2.45) is 0 Å². The molecule has 1 aromatic carbocycles. The highest BCUT2D eigenvalue weighted by Gasteiger charge is 2.32. The number of benzene rings is 1. The van der Waals surface area contributed by atoms with Crippen LogP contribution in [0.2, 0.25) is 0 Å². The van der Waals surface area contributed by atoms with Crippen LogP contribution in [0.1, 0.15) is 10.5 Å². The number of hydrogen-bond acceptors (Lipinski definition) is 4. The normalized spacial score (nSPS) is 18.7. The Morgan fingerprint density at radius 1 is 1.24 bits per heavy atom. The van der Waals surface area contributed by atoms with Crippen LogP contribution in [0.3, 0.4) is 0 Å². The molecule has 1 aromatic heterocycles. The lowest BCUT2D eigenvalue weighted by molar-refractivity contribution is -0.142. The number of carboxylic acid groups (broad SMARTS) is 1. The van der Waals surface area contributed by atoms with Crippen LogP contribution in [-0.2, 0) is 4.79 Å². The zero-order valence-corrected chi connectivity index (χ0v) is 11.3. The Balaban J connectivity index is 1.93. The molecular weight excluding hydrogens is 270 g/mol. The van der Waals surface area contributed by atoms with Gasteiger partial charge in [-0.1, -0.05) is 24.3 Å². The summed E-state index contributed by atoms with van der Waals surface area (Å²) in [7, 11) is 0. The van der Waals surface area contributed by atoms with Gasteiger partial charge in [0.25, 0.3) is 5.91 Å². The number of pyridine rings is 1. The van der Waals surface area contributed by atoms with Crippen LogP contribution in [-0.4, -0.2) is 52.5 Å². The summed E-state index contributed by atoms with van der Waals surface area (Å²) in [5, 5.41) is 13.2. The van der Waals surface area contributed by atoms with Crippen molar-refractivity contribution in [3.8, 4) is 0 Å². The molecule has 21 heavy (non-hydrogen) atoms. The van der Waals surface area contributed by atoms with Gasteiger partial charge in [-0.2, -0.15) is 0 Å². The maximum absolute atomic E-state index is 12.5. The van der Waals surface area contributed by atoms with Crippen LogP contribution in [0.25, 0.3) is 10.9 Å². The number of nitrogens with zero attached hydrogens (tertiary/aromatic N) is 2. The summed E-state index contributed by atoms with van der Waals surface area (Å²) in [5.41, 5.74) is 1.01. The van der Waals surface area contributed by atoms with Gasteiger partial charge in [0.1, 0.15) is 11.7 Å². The quantitative estimate of drug-likeness (QED) is 0.850. The summed E-state index contributed by atoms with van der Waals surface area (Å²) < 4.78 is 0. The second-order valence-electron chi connectivity index (χ2n) is 4.95. The molecule has 108 valence electrons. The van der Waals surface area contributed by atoms with Crippen molar-refractivity contribution in [3.05, 3.63) is 42.1 Å². The smallest absolute Gasteiger partial charge is 0.327 e. The van der Waals surface area contributed by atoms with Gasteiger partial charge in [0.15, 0.2) is 0 Å². The number of amides is 1. The molecule has 1 amide bonds. The first kappa shape index (κ1) is 13.5. The second-order valence-corrected chi connectivity index (χ2v) is 4.95. The van der Waals surface area contributed by atoms with E-state index in [0.29, 0.717) is 13.1 Å². The number of carbonyl (C=O) groups excluding carboxylic acids is 1. The Hall–Kier alpha value is -2.47. The molecular formula is C15H15N3O3. The van der Waals surface area contributed by atoms with Gasteiger partial charge in [-0.05, 0) is 12.1 Å². The van der Waals surface area contributed by atoms with E-state index in [1.165, 1.54) is 4.90 Å². The minimum absolute atomic E-state index is 0.259. The minimum Gasteiger partial charge on any atom is -0.480 e. The summed E-state index contributed by atoms with van der Waals surface area (Å²) in [5.74, 6) is -1.34. The first-order valence-electron chi connectivity index (χ1n) is 6.77. The number of hydrogen-bond donors (Lipinski definition) is 2. The predicted octanol–water partition coefficient (Wildman–Crippen LogP) is 0.733. The fourth-order valence-electron chi connectivity index (χ4n) is 2.50. The Morgan fingerprint density at radius 3 is 2.86 bits per heavy atom. The Labute approximate surface area is 121 Å². The van der Waals surface area contributed by atoms with Crippen molar-refractivity contribution in [2.45, 2.75) is 6.04 Å². The van der Waals surface area contributed by atoms with Crippen LogP contribution in [0.15, 0.2) is 36.4 Å². The van der Waals surface area contributed by atoms with Crippen molar-refractivity contribution in [3.63, 3.8) is 0 Å². The molecule has 0 bridgehead atoms. The van der Waals surface area contributed by atoms with E-state index in [4.69, 9.17) is 0 Å². The highest BCUT2D eigenvalue weighted by Crippen LogP contribution is 2.15. The number of rotatable bonds is 2. The Bertz CT molecular complexity index is 701. The van der Waals surface area contributed by atoms with Crippen LogP contribution in [0.5, 0.6) is 0 Å². The van der Waals surface area contributed by atoms with Gasteiger partial charge < -0.3 is 15.3 Å². The van der Waals surface area contributed by atoms with Crippen molar-refractivity contribution in [2.75, 3.05) is 19.6 Å². The maximum Gasteiger partial charge on any atom is 0.327 e. The zero-order valence-electron chi connectivity index (χ0n) is 11.3. The topological polar surface area (TPSA) is 82.5 Å². The highest BCUT2D eigenvalue weighted by atomic mass is 16.4. The molecule has 0 radical (unpaired) electrons. The average Bonchev–Trinajstić information content (AvgIpc) is 2.53. The van der Waals surface area contributed by atoms with Gasteiger partial charge in [-0.15, -0.1) is 0 Å². The summed E-state index contributed by atoms with van der Waals surface area (Å²) in [6.07, 6.45) is 0. The van der Waals surface area contributed by atoms with Gasteiger partial charge in [0.2, 0.25) is 0 Å². The van der Waals surface area contributed by atoms with Crippen molar-refractivity contribution in [1.29, 1.82) is 0 Å². The van der Waals surface area contributed by atoms with Gasteiger partial charge >= 0.3 is 5.97 Å². The van der Waals surface area contributed by atoms with Crippen LogP contribution < -0.4 is 5.32 Å². The number of para-hydroxylation sites is 1. The lowest BCUT2D eigenvalue weighted by Gasteiger charge is -2.33. The van der Waals surface area contributed by atoms with Gasteiger partial charge in [0, 0.05) is 25.0 Å². The van der Waals surface area contributed by atoms with Crippen LogP contribution in [0, 0.1) is 0 Å². The number of aromatic nitrogens is 1. The molecule has 1 fully saturated rings. The SMILES string of the molecule is O=C(O)C1CNCCN1C(=O)c1ccc2ccccc2n1. The van der Waals surface area contributed by atoms with Crippen molar-refractivity contribution >= 4 is 22.8 Å². The van der Waals surface area contributed by atoms with E-state index in [0.717, 1.165) is 10.9 Å².